The first-order chi connectivity index (χ1) is 17.1. The van der Waals surface area contributed by atoms with Crippen LogP contribution >= 0.6 is 0 Å². The summed E-state index contributed by atoms with van der Waals surface area (Å²) >= 11 is -1.60. The van der Waals surface area contributed by atoms with Gasteiger partial charge in [0.15, 0.2) is 0 Å². The van der Waals surface area contributed by atoms with E-state index in [1.54, 1.807) is 0 Å². The van der Waals surface area contributed by atoms with Crippen molar-refractivity contribution in [3.8, 4) is 0 Å². The van der Waals surface area contributed by atoms with Gasteiger partial charge in [-0.15, -0.1) is 10.2 Å². The Morgan fingerprint density at radius 2 is 1.19 bits per heavy atom. The number of benzene rings is 3. The molecule has 190 valence electrons. The molecular weight excluding hydrogens is 545 g/mol. The summed E-state index contributed by atoms with van der Waals surface area (Å²) in [6.07, 6.45) is 4.30. The molecule has 0 aliphatic carbocycles. The zero-order valence-electron chi connectivity index (χ0n) is 20.8. The molecule has 0 aromatic heterocycles. The average molecular weight is 575 g/mol. The fourth-order valence-electron chi connectivity index (χ4n) is 3.55. The van der Waals surface area contributed by atoms with E-state index in [-0.39, 0.29) is 0 Å². The number of allylic oxidation sites excluding steroid dienone is 2. The van der Waals surface area contributed by atoms with E-state index in [1.165, 1.54) is 32.4 Å². The zero-order valence-corrected chi connectivity index (χ0v) is 23.2. The third kappa shape index (κ3) is 8.22. The molecule has 0 saturated carbocycles. The molecule has 0 N–H and O–H groups in total. The van der Waals surface area contributed by atoms with Gasteiger partial charge >= 0.3 is 191 Å². The maximum absolute atomic E-state index is 8.49. The molecule has 3 aromatic rings. The van der Waals surface area contributed by atoms with E-state index in [0.717, 1.165) is 24.2 Å². The summed E-state index contributed by atoms with van der Waals surface area (Å²) in [5.74, 6) is 0.974. The Morgan fingerprint density at radius 1 is 0.722 bits per heavy atom. The molecule has 0 saturated heterocycles. The Bertz CT molecular complexity index is 1190. The minimum Gasteiger partial charge on any atom is -0.222 e. The van der Waals surface area contributed by atoms with E-state index in [9.17, 15) is 0 Å². The van der Waals surface area contributed by atoms with E-state index < -0.39 is 24.1 Å². The Balaban J connectivity index is 0.000000658. The van der Waals surface area contributed by atoms with Crippen LogP contribution in [0.3, 0.4) is 0 Å². The summed E-state index contributed by atoms with van der Waals surface area (Å²) in [5, 5.41) is 0. The molecule has 1 heterocycles. The van der Waals surface area contributed by atoms with Crippen molar-refractivity contribution in [1.29, 1.82) is 0 Å². The van der Waals surface area contributed by atoms with Crippen LogP contribution in [0.4, 0.5) is 5.69 Å². The van der Waals surface area contributed by atoms with Crippen molar-refractivity contribution in [2.45, 2.75) is 26.7 Å². The van der Waals surface area contributed by atoms with Gasteiger partial charge in [0.25, 0.3) is 0 Å². The van der Waals surface area contributed by atoms with Crippen molar-refractivity contribution in [3.05, 3.63) is 106 Å². The van der Waals surface area contributed by atoms with Gasteiger partial charge in [-0.2, -0.15) is 0 Å². The smallest absolute Gasteiger partial charge is 0.112 e. The predicted octanol–water partition coefficient (Wildman–Crippen LogP) is 0.964. The molecule has 0 bridgehead atoms. The van der Waals surface area contributed by atoms with Crippen molar-refractivity contribution in [1.82, 2.24) is 0 Å². The van der Waals surface area contributed by atoms with E-state index in [0.29, 0.717) is 0 Å². The van der Waals surface area contributed by atoms with Gasteiger partial charge in [-0.25, -0.2) is 18.6 Å². The predicted molar refractivity (Wildman–Crippen MR) is 134 cm³/mol. The van der Waals surface area contributed by atoms with Crippen LogP contribution in [0.1, 0.15) is 36.1 Å². The fraction of sp³-hybridized carbons (Fsp3) is 0.214. The molecule has 3 aromatic carbocycles. The van der Waals surface area contributed by atoms with Gasteiger partial charge in [0.1, 0.15) is 0 Å². The van der Waals surface area contributed by atoms with Crippen LogP contribution in [0, 0.1) is 10.2 Å². The second-order valence-electron chi connectivity index (χ2n) is 8.33. The Hall–Kier alpha value is -2.61. The second kappa shape index (κ2) is 12.6. The molecule has 0 spiro atoms. The molecule has 6 nitrogen and oxygen atoms in total. The molecule has 8 heteroatoms. The van der Waals surface area contributed by atoms with Crippen LogP contribution in [0.5, 0.6) is 0 Å². The van der Waals surface area contributed by atoms with Gasteiger partial charge in [0.05, 0.1) is 0 Å². The fourth-order valence-corrected chi connectivity index (χ4v) is 6.61. The van der Waals surface area contributed by atoms with Crippen LogP contribution in [0.15, 0.2) is 83.8 Å². The minimum atomic E-state index is -4.94. The number of nitrogens with zero attached hydrogens (tertiary/aromatic N) is 1. The molecule has 4 rings (SSSR count). The van der Waals surface area contributed by atoms with Gasteiger partial charge in [0.2, 0.25) is 0 Å². The number of aryl methyl sites for hydroxylation is 2. The Morgan fingerprint density at radius 3 is 1.67 bits per heavy atom. The van der Waals surface area contributed by atoms with Crippen molar-refractivity contribution in [2.75, 3.05) is 19.0 Å². The normalized spacial score (nSPS) is 15.2. The maximum atomic E-state index is 8.49. The van der Waals surface area contributed by atoms with Gasteiger partial charge < -0.3 is 0 Å². The number of hydrogen-bond acceptors (Lipinski definition) is 5. The molecule has 0 radical (unpaired) electrons. The largest absolute Gasteiger partial charge is 0.222 e. The maximum Gasteiger partial charge on any atom is -0.112 e. The number of rotatable bonds is 6. The van der Waals surface area contributed by atoms with Crippen LogP contribution in [0.25, 0.3) is 11.3 Å². The van der Waals surface area contributed by atoms with Crippen molar-refractivity contribution in [2.24, 2.45) is 0 Å². The first-order valence-electron chi connectivity index (χ1n) is 11.5. The first-order valence-corrected chi connectivity index (χ1v) is 15.3. The van der Waals surface area contributed by atoms with Crippen molar-refractivity contribution < 1.29 is 32.3 Å². The number of hydrogen-bond donors (Lipinski definition) is 0. The van der Waals surface area contributed by atoms with Crippen molar-refractivity contribution in [3.63, 3.8) is 0 Å². The average Bonchev–Trinajstić information content (AvgIpc) is 2.87. The van der Waals surface area contributed by atoms with Crippen molar-refractivity contribution >= 4 is 35.3 Å². The summed E-state index contributed by atoms with van der Waals surface area (Å²) in [6, 6.07) is 26.5. The topological polar surface area (TPSA) is 107 Å². The van der Waals surface area contributed by atoms with E-state index in [2.05, 4.69) is 117 Å². The standard InChI is InChI=1S/C28H30NOSe.ClHO4/c1-5-21-7-11-24(12-8-21)28-19-25(23-13-15-26(16-14-23)29(3)4)20-31(30-28)27-17-9-22(6-2)10-18-27;2-1(3,4)5/h7-20H,5-6H2,1-4H3;(H,2,3,4,5)/q+1;/p-1. The summed E-state index contributed by atoms with van der Waals surface area (Å²) in [4.78, 5) is 4.49. The Labute approximate surface area is 219 Å². The molecule has 1 atom stereocenters. The third-order valence-corrected chi connectivity index (χ3v) is 8.91. The summed E-state index contributed by atoms with van der Waals surface area (Å²) < 4.78 is 41.9. The first kappa shape index (κ1) is 28.0. The van der Waals surface area contributed by atoms with Gasteiger partial charge in [-0.1, -0.05) is 0 Å². The molecule has 0 amide bonds. The SMILES string of the molecule is CCc1ccc(C2=CC(c3ccc(N(C)C)cc3)=C[Se](c3ccc(CC)cc3)=[O+]2)cc1.[O-][Cl+3]([O-])([O-])[O-]. The second-order valence-corrected chi connectivity index (χ2v) is 12.2. The van der Waals surface area contributed by atoms with E-state index in [1.807, 2.05) is 0 Å². The molecule has 1 aliphatic rings. The van der Waals surface area contributed by atoms with Crippen LogP contribution < -0.4 is 28.0 Å². The number of halogens is 1. The monoisotopic (exact) mass is 575 g/mol. The van der Waals surface area contributed by atoms with Crippen LogP contribution in [-0.4, -0.2) is 27.9 Å². The van der Waals surface area contributed by atoms with Gasteiger partial charge in [0, 0.05) is 0 Å². The molecule has 1 aliphatic heterocycles. The van der Waals surface area contributed by atoms with Gasteiger partial charge in [-0.05, 0) is 0 Å². The summed E-state index contributed by atoms with van der Waals surface area (Å²) in [5.41, 5.74) is 7.54. The third-order valence-electron chi connectivity index (χ3n) is 5.63. The van der Waals surface area contributed by atoms with Gasteiger partial charge in [-0.3, -0.25) is 0 Å². The zero-order chi connectivity index (χ0) is 26.3. The Kier molecular flexibility index (Phi) is 9.76. The summed E-state index contributed by atoms with van der Waals surface area (Å²) in [6.45, 7) is 4.38. The van der Waals surface area contributed by atoms with Crippen LogP contribution in [-0.2, 0) is 16.3 Å². The quantitative estimate of drug-likeness (QED) is 0.322. The minimum absolute atomic E-state index is 0.974. The van der Waals surface area contributed by atoms with E-state index >= 15 is 0 Å². The number of anilines is 1. The molecular formula is C28H30ClNO5Se. The van der Waals surface area contributed by atoms with Crippen LogP contribution in [0.2, 0.25) is 0 Å². The van der Waals surface area contributed by atoms with E-state index in [4.69, 9.17) is 22.1 Å². The summed E-state index contributed by atoms with van der Waals surface area (Å²) in [7, 11) is -0.800. The molecule has 0 fully saturated rings. The molecule has 1 unspecified atom stereocenters. The molecule has 36 heavy (non-hydrogen) atoms.